The number of furan rings is 2. The molecule has 0 aliphatic heterocycles. The number of hydrogen-bond acceptors (Lipinski definition) is 4. The van der Waals surface area contributed by atoms with E-state index in [0.29, 0.717) is 28.0 Å². The van der Waals surface area contributed by atoms with Gasteiger partial charge in [0, 0.05) is 21.8 Å². The number of hydrogen-bond donors (Lipinski definition) is 2. The van der Waals surface area contributed by atoms with Crippen LogP contribution in [-0.4, -0.2) is 11.0 Å². The van der Waals surface area contributed by atoms with Crippen molar-refractivity contribution in [3.05, 3.63) is 89.3 Å². The summed E-state index contributed by atoms with van der Waals surface area (Å²) < 4.78 is 11.2. The van der Waals surface area contributed by atoms with Crippen LogP contribution in [0.3, 0.4) is 0 Å². The van der Waals surface area contributed by atoms with E-state index < -0.39 is 0 Å². The molecular formula is C22H16ClNO4. The molecule has 1 amide bonds. The molecule has 2 aromatic heterocycles. The van der Waals surface area contributed by atoms with Gasteiger partial charge in [0.05, 0.1) is 0 Å². The molecule has 4 rings (SSSR count). The molecule has 0 spiro atoms. The monoisotopic (exact) mass is 393 g/mol. The van der Waals surface area contributed by atoms with Gasteiger partial charge in [0.15, 0.2) is 5.76 Å². The summed E-state index contributed by atoms with van der Waals surface area (Å²) in [7, 11) is 0. The molecule has 2 N–H and O–H groups in total. The number of halogens is 1. The van der Waals surface area contributed by atoms with Crippen LogP contribution >= 0.6 is 11.6 Å². The molecule has 140 valence electrons. The van der Waals surface area contributed by atoms with Crippen molar-refractivity contribution in [1.29, 1.82) is 0 Å². The van der Waals surface area contributed by atoms with E-state index in [1.54, 1.807) is 48.5 Å². The van der Waals surface area contributed by atoms with Gasteiger partial charge in [0.1, 0.15) is 23.9 Å². The number of amides is 1. The van der Waals surface area contributed by atoms with Gasteiger partial charge in [0.2, 0.25) is 0 Å². The van der Waals surface area contributed by atoms with E-state index in [1.165, 1.54) is 0 Å². The molecule has 2 heterocycles. The highest BCUT2D eigenvalue weighted by Gasteiger charge is 2.13. The van der Waals surface area contributed by atoms with Crippen molar-refractivity contribution in [2.45, 2.75) is 6.61 Å². The van der Waals surface area contributed by atoms with Gasteiger partial charge >= 0.3 is 0 Å². The largest absolute Gasteiger partial charge is 0.459 e. The maximum absolute atomic E-state index is 12.4. The van der Waals surface area contributed by atoms with Gasteiger partial charge in [-0.05, 0) is 72.8 Å². The Balaban J connectivity index is 1.45. The Morgan fingerprint density at radius 3 is 2.07 bits per heavy atom. The number of aliphatic hydroxyl groups excluding tert-OH is 1. The second kappa shape index (κ2) is 7.76. The molecule has 6 heteroatoms. The molecule has 0 aliphatic carbocycles. The fraction of sp³-hybridized carbons (Fsp3) is 0.0455. The van der Waals surface area contributed by atoms with Gasteiger partial charge < -0.3 is 19.3 Å². The molecule has 2 aromatic carbocycles. The minimum Gasteiger partial charge on any atom is -0.459 e. The third kappa shape index (κ3) is 3.86. The van der Waals surface area contributed by atoms with E-state index in [2.05, 4.69) is 5.32 Å². The van der Waals surface area contributed by atoms with Crippen molar-refractivity contribution in [2.75, 3.05) is 5.32 Å². The van der Waals surface area contributed by atoms with Crippen LogP contribution < -0.4 is 5.32 Å². The zero-order chi connectivity index (χ0) is 19.5. The lowest BCUT2D eigenvalue weighted by atomic mass is 10.1. The van der Waals surface area contributed by atoms with E-state index in [0.717, 1.165) is 11.1 Å². The van der Waals surface area contributed by atoms with Gasteiger partial charge in [-0.1, -0.05) is 11.6 Å². The molecule has 5 nitrogen and oxygen atoms in total. The van der Waals surface area contributed by atoms with Crippen LogP contribution in [0.15, 0.2) is 81.6 Å². The Labute approximate surface area is 166 Å². The van der Waals surface area contributed by atoms with Crippen molar-refractivity contribution in [2.24, 2.45) is 0 Å². The predicted octanol–water partition coefficient (Wildman–Crippen LogP) is 5.60. The number of carbonyl (C=O) groups excluding carboxylic acids is 1. The Bertz CT molecular complexity index is 1090. The zero-order valence-corrected chi connectivity index (χ0v) is 15.4. The fourth-order valence-corrected chi connectivity index (χ4v) is 2.88. The first-order valence-corrected chi connectivity index (χ1v) is 8.97. The van der Waals surface area contributed by atoms with Crippen LogP contribution in [0.25, 0.3) is 22.6 Å². The molecule has 0 radical (unpaired) electrons. The van der Waals surface area contributed by atoms with Crippen LogP contribution in [-0.2, 0) is 6.61 Å². The Morgan fingerprint density at radius 1 is 0.821 bits per heavy atom. The Morgan fingerprint density at radius 2 is 1.43 bits per heavy atom. The van der Waals surface area contributed by atoms with Crippen molar-refractivity contribution in [3.8, 4) is 22.6 Å². The number of aliphatic hydroxyl groups is 1. The number of benzene rings is 2. The summed E-state index contributed by atoms with van der Waals surface area (Å²) in [5.41, 5.74) is 2.32. The zero-order valence-electron chi connectivity index (χ0n) is 14.7. The van der Waals surface area contributed by atoms with E-state index in [4.69, 9.17) is 25.5 Å². The first-order chi connectivity index (χ1) is 13.6. The Hall–Kier alpha value is -3.28. The molecule has 0 saturated heterocycles. The van der Waals surface area contributed by atoms with Gasteiger partial charge in [-0.3, -0.25) is 4.79 Å². The SMILES string of the molecule is O=C(Nc1ccc(-c2ccc(CO)o2)cc1)c1ccc(-c2ccc(Cl)cc2)o1. The average Bonchev–Trinajstić information content (AvgIpc) is 3.39. The van der Waals surface area contributed by atoms with Crippen LogP contribution in [0, 0.1) is 0 Å². The normalized spacial score (nSPS) is 10.8. The maximum Gasteiger partial charge on any atom is 0.291 e. The standard InChI is InChI=1S/C22H16ClNO4/c23-16-5-1-14(2-6-16)20-11-12-21(28-20)22(26)24-17-7-3-15(4-8-17)19-10-9-18(13-25)27-19/h1-12,25H,13H2,(H,24,26). The molecule has 0 unspecified atom stereocenters. The number of rotatable bonds is 5. The summed E-state index contributed by atoms with van der Waals surface area (Å²) in [4.78, 5) is 12.4. The molecule has 28 heavy (non-hydrogen) atoms. The van der Waals surface area contributed by atoms with Crippen molar-refractivity contribution in [1.82, 2.24) is 0 Å². The van der Waals surface area contributed by atoms with Gasteiger partial charge in [-0.25, -0.2) is 0 Å². The number of nitrogens with one attached hydrogen (secondary N) is 1. The average molecular weight is 394 g/mol. The highest BCUT2D eigenvalue weighted by Crippen LogP contribution is 2.26. The minimum absolute atomic E-state index is 0.144. The van der Waals surface area contributed by atoms with Crippen LogP contribution in [0.4, 0.5) is 5.69 Å². The van der Waals surface area contributed by atoms with Gasteiger partial charge in [-0.15, -0.1) is 0 Å². The summed E-state index contributed by atoms with van der Waals surface area (Å²) in [6.07, 6.45) is 0. The van der Waals surface area contributed by atoms with E-state index >= 15 is 0 Å². The van der Waals surface area contributed by atoms with Crippen LogP contribution in [0.1, 0.15) is 16.3 Å². The molecular weight excluding hydrogens is 378 g/mol. The molecule has 0 fully saturated rings. The van der Waals surface area contributed by atoms with E-state index in [-0.39, 0.29) is 18.3 Å². The second-order valence-corrected chi connectivity index (χ2v) is 6.56. The first-order valence-electron chi connectivity index (χ1n) is 8.59. The van der Waals surface area contributed by atoms with Crippen molar-refractivity contribution < 1.29 is 18.7 Å². The van der Waals surface area contributed by atoms with Gasteiger partial charge in [0.25, 0.3) is 5.91 Å². The minimum atomic E-state index is -0.339. The fourth-order valence-electron chi connectivity index (χ4n) is 2.76. The lowest BCUT2D eigenvalue weighted by molar-refractivity contribution is 0.0997. The third-order valence-electron chi connectivity index (χ3n) is 4.20. The topological polar surface area (TPSA) is 75.6 Å². The predicted molar refractivity (Wildman–Crippen MR) is 107 cm³/mol. The molecule has 4 aromatic rings. The second-order valence-electron chi connectivity index (χ2n) is 6.13. The van der Waals surface area contributed by atoms with Crippen molar-refractivity contribution in [3.63, 3.8) is 0 Å². The molecule has 0 atom stereocenters. The summed E-state index contributed by atoms with van der Waals surface area (Å²) in [6, 6.07) is 21.3. The highest BCUT2D eigenvalue weighted by atomic mass is 35.5. The third-order valence-corrected chi connectivity index (χ3v) is 4.46. The van der Waals surface area contributed by atoms with E-state index in [1.807, 2.05) is 24.3 Å². The first kappa shape index (κ1) is 18.1. The van der Waals surface area contributed by atoms with E-state index in [9.17, 15) is 4.79 Å². The lowest BCUT2D eigenvalue weighted by Crippen LogP contribution is -2.10. The smallest absolute Gasteiger partial charge is 0.291 e. The molecule has 0 aliphatic rings. The number of anilines is 1. The number of carbonyl (C=O) groups is 1. The van der Waals surface area contributed by atoms with Crippen LogP contribution in [0.5, 0.6) is 0 Å². The molecule has 0 saturated carbocycles. The quantitative estimate of drug-likeness (QED) is 0.462. The summed E-state index contributed by atoms with van der Waals surface area (Å²) >= 11 is 5.89. The summed E-state index contributed by atoms with van der Waals surface area (Å²) in [6.45, 7) is -0.144. The molecule has 0 bridgehead atoms. The van der Waals surface area contributed by atoms with Crippen LogP contribution in [0.2, 0.25) is 5.02 Å². The summed E-state index contributed by atoms with van der Waals surface area (Å²) in [5.74, 6) is 1.62. The maximum atomic E-state index is 12.4. The lowest BCUT2D eigenvalue weighted by Gasteiger charge is -2.04. The Kier molecular flexibility index (Phi) is 5.02. The van der Waals surface area contributed by atoms with Crippen molar-refractivity contribution >= 4 is 23.2 Å². The summed E-state index contributed by atoms with van der Waals surface area (Å²) in [5, 5.41) is 12.5. The van der Waals surface area contributed by atoms with Gasteiger partial charge in [-0.2, -0.15) is 0 Å². The highest BCUT2D eigenvalue weighted by molar-refractivity contribution is 6.30.